The van der Waals surface area contributed by atoms with Crippen LogP contribution in [0.1, 0.15) is 28.7 Å². The molecule has 0 spiro atoms. The average Bonchev–Trinajstić information content (AvgIpc) is 2.74. The lowest BCUT2D eigenvalue weighted by Gasteiger charge is -2.10. The summed E-state index contributed by atoms with van der Waals surface area (Å²) in [6.07, 6.45) is -4.74. The van der Waals surface area contributed by atoms with Crippen LogP contribution in [-0.2, 0) is 6.54 Å². The maximum absolute atomic E-state index is 12.3. The zero-order chi connectivity index (χ0) is 17.2. The number of rotatable bonds is 4. The number of aromatic nitrogens is 2. The number of halogens is 3. The Labute approximate surface area is 131 Å². The lowest BCUT2D eigenvalue weighted by Crippen LogP contribution is -2.17. The number of hydrogen-bond donors (Lipinski definition) is 1. The van der Waals surface area contributed by atoms with E-state index < -0.39 is 6.36 Å². The zero-order valence-electron chi connectivity index (χ0n) is 12.9. The van der Waals surface area contributed by atoms with Crippen molar-refractivity contribution in [3.63, 3.8) is 0 Å². The van der Waals surface area contributed by atoms with Gasteiger partial charge in [0.25, 0.3) is 5.91 Å². The van der Waals surface area contributed by atoms with Crippen molar-refractivity contribution >= 4 is 11.6 Å². The molecule has 2 aromatic rings. The summed E-state index contributed by atoms with van der Waals surface area (Å²) in [5.41, 5.74) is 2.16. The molecule has 0 aliphatic heterocycles. The van der Waals surface area contributed by atoms with Crippen molar-refractivity contribution in [1.82, 2.24) is 9.78 Å². The van der Waals surface area contributed by atoms with Crippen molar-refractivity contribution < 1.29 is 22.7 Å². The van der Waals surface area contributed by atoms with Gasteiger partial charge in [0.15, 0.2) is 0 Å². The summed E-state index contributed by atoms with van der Waals surface area (Å²) in [4.78, 5) is 12.3. The van der Waals surface area contributed by atoms with E-state index in [0.29, 0.717) is 23.5 Å². The fourth-order valence-corrected chi connectivity index (χ4v) is 2.27. The second-order valence-corrected chi connectivity index (χ2v) is 4.89. The van der Waals surface area contributed by atoms with Crippen LogP contribution in [0.15, 0.2) is 24.3 Å². The first-order valence-corrected chi connectivity index (χ1v) is 6.92. The summed E-state index contributed by atoms with van der Waals surface area (Å²) in [6, 6.07) is 4.96. The van der Waals surface area contributed by atoms with Crippen LogP contribution in [-0.4, -0.2) is 22.1 Å². The summed E-state index contributed by atoms with van der Waals surface area (Å²) in [6.45, 7) is 6.08. The number of aryl methyl sites for hydroxylation is 2. The van der Waals surface area contributed by atoms with E-state index in [2.05, 4.69) is 15.2 Å². The molecule has 23 heavy (non-hydrogen) atoms. The third-order valence-electron chi connectivity index (χ3n) is 3.25. The van der Waals surface area contributed by atoms with Crippen molar-refractivity contribution in [2.45, 2.75) is 33.7 Å². The molecule has 1 amide bonds. The van der Waals surface area contributed by atoms with Gasteiger partial charge in [0.1, 0.15) is 5.75 Å². The molecule has 0 atom stereocenters. The van der Waals surface area contributed by atoms with Crippen LogP contribution in [0.4, 0.5) is 18.9 Å². The van der Waals surface area contributed by atoms with E-state index in [4.69, 9.17) is 0 Å². The van der Waals surface area contributed by atoms with Crippen molar-refractivity contribution in [3.8, 4) is 5.75 Å². The van der Waals surface area contributed by atoms with Crippen molar-refractivity contribution in [2.24, 2.45) is 0 Å². The third kappa shape index (κ3) is 4.02. The monoisotopic (exact) mass is 327 g/mol. The van der Waals surface area contributed by atoms with Gasteiger partial charge >= 0.3 is 6.36 Å². The number of nitrogens with zero attached hydrogens (tertiary/aromatic N) is 2. The maximum atomic E-state index is 12.3. The Morgan fingerprint density at radius 3 is 2.35 bits per heavy atom. The molecule has 0 radical (unpaired) electrons. The Hall–Kier alpha value is -2.51. The Morgan fingerprint density at radius 2 is 1.87 bits per heavy atom. The minimum absolute atomic E-state index is 0.346. The first kappa shape index (κ1) is 16.9. The van der Waals surface area contributed by atoms with Gasteiger partial charge in [0.2, 0.25) is 0 Å². The summed E-state index contributed by atoms with van der Waals surface area (Å²) >= 11 is 0. The second kappa shape index (κ2) is 6.31. The van der Waals surface area contributed by atoms with Crippen LogP contribution < -0.4 is 10.1 Å². The lowest BCUT2D eigenvalue weighted by molar-refractivity contribution is -0.274. The Balaban J connectivity index is 2.13. The minimum atomic E-state index is -4.74. The predicted molar refractivity (Wildman–Crippen MR) is 78.5 cm³/mol. The van der Waals surface area contributed by atoms with E-state index in [1.807, 2.05) is 6.92 Å². The van der Waals surface area contributed by atoms with Gasteiger partial charge in [-0.15, -0.1) is 13.2 Å². The van der Waals surface area contributed by atoms with Gasteiger partial charge in [-0.05, 0) is 45.0 Å². The quantitative estimate of drug-likeness (QED) is 0.932. The van der Waals surface area contributed by atoms with Gasteiger partial charge in [-0.1, -0.05) is 0 Å². The van der Waals surface area contributed by atoms with E-state index in [9.17, 15) is 18.0 Å². The minimum Gasteiger partial charge on any atom is -0.406 e. The van der Waals surface area contributed by atoms with E-state index in [1.165, 1.54) is 12.1 Å². The molecule has 1 aromatic carbocycles. The molecule has 0 aliphatic carbocycles. The molecule has 0 unspecified atom stereocenters. The normalized spacial score (nSPS) is 11.4. The van der Waals surface area contributed by atoms with Crippen LogP contribution in [0.5, 0.6) is 5.75 Å². The van der Waals surface area contributed by atoms with Gasteiger partial charge < -0.3 is 10.1 Å². The molecule has 0 fully saturated rings. The number of alkyl halides is 3. The Kier molecular flexibility index (Phi) is 4.63. The van der Waals surface area contributed by atoms with Gasteiger partial charge in [0, 0.05) is 17.9 Å². The molecule has 0 aliphatic rings. The molecule has 0 saturated heterocycles. The summed E-state index contributed by atoms with van der Waals surface area (Å²) in [7, 11) is 0. The number of anilines is 1. The lowest BCUT2D eigenvalue weighted by atomic mass is 10.2. The third-order valence-corrected chi connectivity index (χ3v) is 3.25. The van der Waals surface area contributed by atoms with Gasteiger partial charge in [0.05, 0.1) is 11.3 Å². The largest absolute Gasteiger partial charge is 0.573 e. The second-order valence-electron chi connectivity index (χ2n) is 4.89. The van der Waals surface area contributed by atoms with Crippen LogP contribution in [0.3, 0.4) is 0 Å². The standard InChI is InChI=1S/C15H16F3N3O2/c1-4-21-10(3)13(9(2)20-21)14(22)19-11-5-7-12(8-6-11)23-15(16,17)18/h5-8H,4H2,1-3H3,(H,19,22). The molecule has 0 saturated carbocycles. The van der Waals surface area contributed by atoms with Crippen molar-refractivity contribution in [1.29, 1.82) is 0 Å². The summed E-state index contributed by atoms with van der Waals surface area (Å²) in [5, 5.41) is 6.89. The SMILES string of the molecule is CCn1nc(C)c(C(=O)Nc2ccc(OC(F)(F)F)cc2)c1C. The topological polar surface area (TPSA) is 56.2 Å². The van der Waals surface area contributed by atoms with E-state index in [-0.39, 0.29) is 11.7 Å². The molecular weight excluding hydrogens is 311 g/mol. The molecule has 8 heteroatoms. The maximum Gasteiger partial charge on any atom is 0.573 e. The highest BCUT2D eigenvalue weighted by atomic mass is 19.4. The molecular formula is C15H16F3N3O2. The first-order valence-electron chi connectivity index (χ1n) is 6.92. The molecule has 124 valence electrons. The predicted octanol–water partition coefficient (Wildman–Crippen LogP) is 3.67. The van der Waals surface area contributed by atoms with E-state index >= 15 is 0 Å². The summed E-state index contributed by atoms with van der Waals surface area (Å²) < 4.78 is 41.8. The highest BCUT2D eigenvalue weighted by Crippen LogP contribution is 2.24. The Morgan fingerprint density at radius 1 is 1.26 bits per heavy atom. The van der Waals surface area contributed by atoms with Gasteiger partial charge in [-0.25, -0.2) is 0 Å². The molecule has 2 rings (SSSR count). The number of carbonyl (C=O) groups excluding carboxylic acids is 1. The number of nitrogens with one attached hydrogen (secondary N) is 1. The van der Waals surface area contributed by atoms with E-state index in [1.54, 1.807) is 18.5 Å². The highest BCUT2D eigenvalue weighted by Gasteiger charge is 2.31. The fraction of sp³-hybridized carbons (Fsp3) is 0.333. The van der Waals surface area contributed by atoms with Crippen LogP contribution in [0.25, 0.3) is 0 Å². The number of ether oxygens (including phenoxy) is 1. The van der Waals surface area contributed by atoms with Gasteiger partial charge in [-0.3, -0.25) is 9.48 Å². The number of hydrogen-bond acceptors (Lipinski definition) is 3. The van der Waals surface area contributed by atoms with Crippen LogP contribution >= 0.6 is 0 Å². The van der Waals surface area contributed by atoms with Crippen molar-refractivity contribution in [3.05, 3.63) is 41.2 Å². The molecule has 1 N–H and O–H groups in total. The number of benzene rings is 1. The first-order chi connectivity index (χ1) is 10.7. The molecule has 5 nitrogen and oxygen atoms in total. The fourth-order valence-electron chi connectivity index (χ4n) is 2.27. The Bertz CT molecular complexity index is 706. The van der Waals surface area contributed by atoms with E-state index in [0.717, 1.165) is 17.8 Å². The molecule has 1 aromatic heterocycles. The number of carbonyl (C=O) groups is 1. The average molecular weight is 327 g/mol. The van der Waals surface area contributed by atoms with Crippen LogP contribution in [0, 0.1) is 13.8 Å². The highest BCUT2D eigenvalue weighted by molar-refractivity contribution is 6.05. The smallest absolute Gasteiger partial charge is 0.406 e. The molecule has 1 heterocycles. The zero-order valence-corrected chi connectivity index (χ0v) is 12.9. The molecule has 0 bridgehead atoms. The number of amides is 1. The summed E-state index contributed by atoms with van der Waals surface area (Å²) in [5.74, 6) is -0.703. The van der Waals surface area contributed by atoms with Gasteiger partial charge in [-0.2, -0.15) is 5.10 Å². The van der Waals surface area contributed by atoms with Crippen molar-refractivity contribution in [2.75, 3.05) is 5.32 Å². The van der Waals surface area contributed by atoms with Crippen LogP contribution in [0.2, 0.25) is 0 Å².